The Morgan fingerprint density at radius 3 is 2.62 bits per heavy atom. The largest absolute Gasteiger partial charge is 0.493 e. The molecule has 2 aromatic carbocycles. The molecule has 0 aliphatic carbocycles. The monoisotopic (exact) mass is 419 g/mol. The third-order valence-electron chi connectivity index (χ3n) is 3.69. The molecule has 3 rings (SSSR count). The highest BCUT2D eigenvalue weighted by atomic mass is 79.9. The van der Waals surface area contributed by atoms with Crippen LogP contribution in [0.1, 0.15) is 5.56 Å². The number of anilines is 1. The number of amides is 1. The van der Waals surface area contributed by atoms with Gasteiger partial charge in [-0.2, -0.15) is 0 Å². The van der Waals surface area contributed by atoms with Crippen molar-refractivity contribution in [2.75, 3.05) is 32.8 Å². The van der Waals surface area contributed by atoms with Gasteiger partial charge >= 0.3 is 0 Å². The first-order valence-electron chi connectivity index (χ1n) is 7.91. The topological polar surface area (TPSA) is 66.0 Å². The molecular formula is C19H18BrNO5. The standard InChI is InChI=1S/C19H18BrNO5/c1-23-17-10-12(9-14(20)19(17)24-2)3-6-18(22)21-13-4-5-15-16(11-13)26-8-7-25-15/h3-6,9-11H,7-8H2,1-2H3,(H,21,22)/b6-3+. The number of methoxy groups -OCH3 is 2. The molecular weight excluding hydrogens is 402 g/mol. The van der Waals surface area contributed by atoms with Crippen LogP contribution >= 0.6 is 15.9 Å². The zero-order valence-corrected chi connectivity index (χ0v) is 16.0. The average molecular weight is 420 g/mol. The minimum absolute atomic E-state index is 0.257. The number of fused-ring (bicyclic) bond motifs is 1. The zero-order chi connectivity index (χ0) is 18.5. The first-order chi connectivity index (χ1) is 12.6. The molecule has 0 unspecified atom stereocenters. The van der Waals surface area contributed by atoms with E-state index in [2.05, 4.69) is 21.2 Å². The van der Waals surface area contributed by atoms with E-state index in [1.54, 1.807) is 44.6 Å². The average Bonchev–Trinajstić information content (AvgIpc) is 2.65. The predicted molar refractivity (Wildman–Crippen MR) is 102 cm³/mol. The number of rotatable bonds is 5. The summed E-state index contributed by atoms with van der Waals surface area (Å²) < 4.78 is 22.3. The van der Waals surface area contributed by atoms with E-state index in [9.17, 15) is 4.79 Å². The molecule has 1 N–H and O–H groups in total. The first kappa shape index (κ1) is 18.1. The Morgan fingerprint density at radius 1 is 1.12 bits per heavy atom. The SMILES string of the molecule is COc1cc(/C=C/C(=O)Nc2ccc3c(c2)OCCO3)cc(Br)c1OC. The molecule has 0 atom stereocenters. The number of carbonyl (C=O) groups excluding carboxylic acids is 1. The van der Waals surface area contributed by atoms with Gasteiger partial charge in [0.05, 0.1) is 18.7 Å². The molecule has 1 heterocycles. The summed E-state index contributed by atoms with van der Waals surface area (Å²) in [4.78, 5) is 12.2. The second-order valence-corrected chi connectivity index (χ2v) is 6.27. The molecule has 0 spiro atoms. The number of ether oxygens (including phenoxy) is 4. The molecule has 7 heteroatoms. The highest BCUT2D eigenvalue weighted by molar-refractivity contribution is 9.10. The molecule has 136 valence electrons. The third-order valence-corrected chi connectivity index (χ3v) is 4.28. The van der Waals surface area contributed by atoms with Gasteiger partial charge in [0.25, 0.3) is 0 Å². The molecule has 6 nitrogen and oxygen atoms in total. The number of benzene rings is 2. The fraction of sp³-hybridized carbons (Fsp3) is 0.211. The third kappa shape index (κ3) is 4.11. The van der Waals surface area contributed by atoms with Crippen molar-refractivity contribution in [1.82, 2.24) is 0 Å². The Labute approximate surface area is 159 Å². The van der Waals surface area contributed by atoms with Crippen molar-refractivity contribution in [3.05, 3.63) is 46.4 Å². The van der Waals surface area contributed by atoms with Crippen molar-refractivity contribution >= 4 is 33.6 Å². The van der Waals surface area contributed by atoms with Crippen molar-refractivity contribution in [3.8, 4) is 23.0 Å². The van der Waals surface area contributed by atoms with Gasteiger partial charge in [-0.25, -0.2) is 0 Å². The summed E-state index contributed by atoms with van der Waals surface area (Å²) in [5.74, 6) is 2.23. The van der Waals surface area contributed by atoms with Gasteiger partial charge in [0.15, 0.2) is 23.0 Å². The Bertz CT molecular complexity index is 850. The maximum atomic E-state index is 12.2. The number of halogens is 1. The molecule has 2 aromatic rings. The lowest BCUT2D eigenvalue weighted by molar-refractivity contribution is -0.111. The van der Waals surface area contributed by atoms with Gasteiger partial charge in [-0.15, -0.1) is 0 Å². The van der Waals surface area contributed by atoms with Gasteiger partial charge in [0.1, 0.15) is 13.2 Å². The van der Waals surface area contributed by atoms with Gasteiger partial charge in [0.2, 0.25) is 5.91 Å². The van der Waals surface area contributed by atoms with Crippen LogP contribution in [0.5, 0.6) is 23.0 Å². The Hall–Kier alpha value is -2.67. The van der Waals surface area contributed by atoms with Crippen LogP contribution in [-0.4, -0.2) is 33.3 Å². The molecule has 26 heavy (non-hydrogen) atoms. The van der Waals surface area contributed by atoms with E-state index < -0.39 is 0 Å². The van der Waals surface area contributed by atoms with Gasteiger partial charge in [-0.3, -0.25) is 4.79 Å². The van der Waals surface area contributed by atoms with Crippen LogP contribution in [0.2, 0.25) is 0 Å². The normalized spacial score (nSPS) is 12.7. The lowest BCUT2D eigenvalue weighted by Gasteiger charge is -2.18. The van der Waals surface area contributed by atoms with Gasteiger partial charge in [-0.1, -0.05) is 0 Å². The quantitative estimate of drug-likeness (QED) is 0.744. The van der Waals surface area contributed by atoms with Crippen LogP contribution in [0, 0.1) is 0 Å². The molecule has 0 aromatic heterocycles. The van der Waals surface area contributed by atoms with Crippen molar-refractivity contribution in [1.29, 1.82) is 0 Å². The number of carbonyl (C=O) groups is 1. The van der Waals surface area contributed by atoms with Crippen LogP contribution in [0.3, 0.4) is 0 Å². The number of hydrogen-bond acceptors (Lipinski definition) is 5. The summed E-state index contributed by atoms with van der Waals surface area (Å²) in [5, 5.41) is 2.80. The Kier molecular flexibility index (Phi) is 5.68. The van der Waals surface area contributed by atoms with Gasteiger partial charge < -0.3 is 24.3 Å². The molecule has 0 fully saturated rings. The highest BCUT2D eigenvalue weighted by Gasteiger charge is 2.12. The lowest BCUT2D eigenvalue weighted by Crippen LogP contribution is -2.16. The molecule has 1 aliphatic heterocycles. The van der Waals surface area contributed by atoms with E-state index in [0.29, 0.717) is 41.9 Å². The highest BCUT2D eigenvalue weighted by Crippen LogP contribution is 2.36. The molecule has 1 aliphatic rings. The maximum Gasteiger partial charge on any atom is 0.248 e. The molecule has 1 amide bonds. The summed E-state index contributed by atoms with van der Waals surface area (Å²) in [7, 11) is 3.13. The van der Waals surface area contributed by atoms with Crippen molar-refractivity contribution in [3.63, 3.8) is 0 Å². The minimum Gasteiger partial charge on any atom is -0.493 e. The van der Waals surface area contributed by atoms with Crippen LogP contribution in [0.4, 0.5) is 5.69 Å². The Morgan fingerprint density at radius 2 is 1.88 bits per heavy atom. The lowest BCUT2D eigenvalue weighted by atomic mass is 10.2. The van der Waals surface area contributed by atoms with Crippen molar-refractivity contribution in [2.24, 2.45) is 0 Å². The fourth-order valence-corrected chi connectivity index (χ4v) is 3.13. The summed E-state index contributed by atoms with van der Waals surface area (Å²) in [5.41, 5.74) is 1.43. The molecule has 0 bridgehead atoms. The fourth-order valence-electron chi connectivity index (χ4n) is 2.51. The van der Waals surface area contributed by atoms with E-state index in [0.717, 1.165) is 10.0 Å². The van der Waals surface area contributed by atoms with E-state index in [1.165, 1.54) is 6.08 Å². The minimum atomic E-state index is -0.257. The van der Waals surface area contributed by atoms with E-state index in [4.69, 9.17) is 18.9 Å². The molecule has 0 saturated carbocycles. The Balaban J connectivity index is 1.71. The summed E-state index contributed by atoms with van der Waals surface area (Å²) >= 11 is 3.43. The second kappa shape index (κ2) is 8.14. The number of hydrogen-bond donors (Lipinski definition) is 1. The van der Waals surface area contributed by atoms with Crippen molar-refractivity contribution < 1.29 is 23.7 Å². The first-order valence-corrected chi connectivity index (χ1v) is 8.70. The maximum absolute atomic E-state index is 12.2. The smallest absolute Gasteiger partial charge is 0.248 e. The second-order valence-electron chi connectivity index (χ2n) is 5.42. The van der Waals surface area contributed by atoms with Gasteiger partial charge in [-0.05, 0) is 51.8 Å². The van der Waals surface area contributed by atoms with Crippen molar-refractivity contribution in [2.45, 2.75) is 0 Å². The summed E-state index contributed by atoms with van der Waals surface area (Å²) in [6, 6.07) is 8.92. The van der Waals surface area contributed by atoms with Crippen LogP contribution in [-0.2, 0) is 4.79 Å². The van der Waals surface area contributed by atoms with Gasteiger partial charge in [0, 0.05) is 17.8 Å². The van der Waals surface area contributed by atoms with E-state index in [1.807, 2.05) is 6.07 Å². The van der Waals surface area contributed by atoms with Crippen LogP contribution in [0.25, 0.3) is 6.08 Å². The molecule has 0 saturated heterocycles. The van der Waals surface area contributed by atoms with Crippen LogP contribution in [0.15, 0.2) is 40.9 Å². The summed E-state index contributed by atoms with van der Waals surface area (Å²) in [6.07, 6.45) is 3.14. The molecule has 0 radical (unpaired) electrons. The zero-order valence-electron chi connectivity index (χ0n) is 14.4. The van der Waals surface area contributed by atoms with E-state index >= 15 is 0 Å². The summed E-state index contributed by atoms with van der Waals surface area (Å²) in [6.45, 7) is 1.03. The van der Waals surface area contributed by atoms with Crippen LogP contribution < -0.4 is 24.3 Å². The number of nitrogens with one attached hydrogen (secondary N) is 1. The van der Waals surface area contributed by atoms with E-state index in [-0.39, 0.29) is 5.91 Å². The predicted octanol–water partition coefficient (Wildman–Crippen LogP) is 3.89.